The molecule has 0 bridgehead atoms. The van der Waals surface area contributed by atoms with E-state index in [1.54, 1.807) is 12.1 Å². The van der Waals surface area contributed by atoms with Gasteiger partial charge in [-0.2, -0.15) is 0 Å². The van der Waals surface area contributed by atoms with Crippen LogP contribution in [0.1, 0.15) is 39.4 Å². The van der Waals surface area contributed by atoms with Gasteiger partial charge in [-0.15, -0.1) is 11.3 Å². The van der Waals surface area contributed by atoms with Crippen LogP contribution < -0.4 is 0 Å². The van der Waals surface area contributed by atoms with E-state index < -0.39 is 0 Å². The Kier molecular flexibility index (Phi) is 5.74. The van der Waals surface area contributed by atoms with Crippen molar-refractivity contribution in [3.05, 3.63) is 57.8 Å². The van der Waals surface area contributed by atoms with Crippen LogP contribution in [0, 0.1) is 0 Å². The van der Waals surface area contributed by atoms with Gasteiger partial charge in [-0.05, 0) is 43.0 Å². The lowest BCUT2D eigenvalue weighted by Gasteiger charge is -2.44. The number of amides is 1. The summed E-state index contributed by atoms with van der Waals surface area (Å²) in [6, 6.07) is 11.9. The number of methoxy groups -OCH3 is 1. The fourth-order valence-electron chi connectivity index (χ4n) is 3.47. The Morgan fingerprint density at radius 1 is 1.12 bits per heavy atom. The van der Waals surface area contributed by atoms with Gasteiger partial charge in [0.05, 0.1) is 17.6 Å². The highest BCUT2D eigenvalue weighted by Gasteiger charge is 2.32. The van der Waals surface area contributed by atoms with E-state index in [0.29, 0.717) is 5.56 Å². The third-order valence-electron chi connectivity index (χ3n) is 4.86. The van der Waals surface area contributed by atoms with Crippen molar-refractivity contribution in [2.45, 2.75) is 32.5 Å². The van der Waals surface area contributed by atoms with E-state index in [-0.39, 0.29) is 24.0 Å². The number of carbonyl (C=O) groups is 2. The average molecular weight is 372 g/mol. The fraction of sp³-hybridized carbons (Fsp3) is 0.400. The minimum Gasteiger partial charge on any atom is -0.465 e. The van der Waals surface area contributed by atoms with E-state index in [2.05, 4.69) is 18.7 Å². The molecule has 0 unspecified atom stereocenters. The predicted octanol–water partition coefficient (Wildman–Crippen LogP) is 3.27. The molecule has 2 atom stereocenters. The van der Waals surface area contributed by atoms with Crippen LogP contribution in [0.4, 0.5) is 0 Å². The van der Waals surface area contributed by atoms with Crippen LogP contribution in [0.2, 0.25) is 0 Å². The van der Waals surface area contributed by atoms with E-state index in [0.717, 1.165) is 30.1 Å². The first-order valence-electron chi connectivity index (χ1n) is 8.75. The molecule has 1 saturated heterocycles. The number of hydrogen-bond donors (Lipinski definition) is 0. The lowest BCUT2D eigenvalue weighted by atomic mass is 10.0. The van der Waals surface area contributed by atoms with E-state index in [4.69, 9.17) is 4.74 Å². The van der Waals surface area contributed by atoms with Crippen LogP contribution in [0.3, 0.4) is 0 Å². The first-order chi connectivity index (χ1) is 12.5. The van der Waals surface area contributed by atoms with Crippen molar-refractivity contribution in [1.29, 1.82) is 0 Å². The molecule has 5 nitrogen and oxygen atoms in total. The van der Waals surface area contributed by atoms with Crippen molar-refractivity contribution in [2.75, 3.05) is 20.2 Å². The van der Waals surface area contributed by atoms with Crippen molar-refractivity contribution < 1.29 is 14.3 Å². The van der Waals surface area contributed by atoms with Gasteiger partial charge in [-0.3, -0.25) is 9.69 Å². The van der Waals surface area contributed by atoms with Crippen molar-refractivity contribution in [3.63, 3.8) is 0 Å². The van der Waals surface area contributed by atoms with E-state index in [1.807, 2.05) is 34.5 Å². The number of thiophene rings is 1. The smallest absolute Gasteiger partial charge is 0.337 e. The number of esters is 1. The molecule has 3 rings (SSSR count). The average Bonchev–Trinajstić information content (AvgIpc) is 3.18. The molecule has 0 radical (unpaired) electrons. The molecule has 1 aromatic carbocycles. The molecule has 0 saturated carbocycles. The zero-order valence-corrected chi connectivity index (χ0v) is 16.2. The normalized spacial score (nSPS) is 20.8. The minimum atomic E-state index is -0.320. The van der Waals surface area contributed by atoms with Gasteiger partial charge in [0.1, 0.15) is 0 Å². The minimum absolute atomic E-state index is 0.126. The number of nitrogens with zero attached hydrogens (tertiary/aromatic N) is 2. The van der Waals surface area contributed by atoms with E-state index in [9.17, 15) is 9.59 Å². The van der Waals surface area contributed by atoms with Gasteiger partial charge in [0, 0.05) is 31.7 Å². The Labute approximate surface area is 158 Å². The summed E-state index contributed by atoms with van der Waals surface area (Å²) in [6.07, 6.45) is 0. The largest absolute Gasteiger partial charge is 0.465 e. The number of benzene rings is 1. The molecule has 1 aliphatic heterocycles. The molecule has 6 heteroatoms. The Hall–Kier alpha value is -2.18. The maximum absolute atomic E-state index is 12.6. The maximum atomic E-state index is 12.6. The molecule has 2 heterocycles. The van der Waals surface area contributed by atoms with Crippen LogP contribution in [-0.2, 0) is 11.3 Å². The summed E-state index contributed by atoms with van der Waals surface area (Å²) in [5.74, 6) is -0.195. The highest BCUT2D eigenvalue weighted by Crippen LogP contribution is 2.22. The molecule has 0 N–H and O–H groups in total. The highest BCUT2D eigenvalue weighted by molar-refractivity contribution is 7.12. The molecule has 1 amide bonds. The van der Waals surface area contributed by atoms with Gasteiger partial charge < -0.3 is 9.64 Å². The third kappa shape index (κ3) is 3.97. The molecule has 26 heavy (non-hydrogen) atoms. The molecular formula is C20H24N2O3S. The number of carbonyl (C=O) groups excluding carboxylic acids is 2. The lowest BCUT2D eigenvalue weighted by Crippen LogP contribution is -2.57. The Bertz CT molecular complexity index is 746. The van der Waals surface area contributed by atoms with E-state index >= 15 is 0 Å². The Morgan fingerprint density at radius 2 is 1.77 bits per heavy atom. The summed E-state index contributed by atoms with van der Waals surface area (Å²) in [5.41, 5.74) is 1.71. The van der Waals surface area contributed by atoms with Gasteiger partial charge in [-0.1, -0.05) is 18.2 Å². The molecule has 1 fully saturated rings. The van der Waals surface area contributed by atoms with Gasteiger partial charge in [-0.25, -0.2) is 4.79 Å². The second-order valence-corrected chi connectivity index (χ2v) is 7.69. The first kappa shape index (κ1) is 18.6. The molecular weight excluding hydrogens is 348 g/mol. The lowest BCUT2D eigenvalue weighted by molar-refractivity contribution is 0.0273. The fourth-order valence-corrected chi connectivity index (χ4v) is 4.16. The summed E-state index contributed by atoms with van der Waals surface area (Å²) in [7, 11) is 1.39. The maximum Gasteiger partial charge on any atom is 0.337 e. The predicted molar refractivity (Wildman–Crippen MR) is 102 cm³/mol. The molecule has 1 aliphatic rings. The Balaban J connectivity index is 1.65. The van der Waals surface area contributed by atoms with Crippen LogP contribution in [0.5, 0.6) is 0 Å². The number of hydrogen-bond acceptors (Lipinski definition) is 5. The summed E-state index contributed by atoms with van der Waals surface area (Å²) >= 11 is 1.49. The number of piperazine rings is 1. The number of ether oxygens (including phenoxy) is 1. The highest BCUT2D eigenvalue weighted by atomic mass is 32.1. The second kappa shape index (κ2) is 8.01. The topological polar surface area (TPSA) is 49.9 Å². The number of rotatable bonds is 4. The van der Waals surface area contributed by atoms with Crippen molar-refractivity contribution in [1.82, 2.24) is 9.80 Å². The van der Waals surface area contributed by atoms with Crippen molar-refractivity contribution in [2.24, 2.45) is 0 Å². The van der Waals surface area contributed by atoms with Crippen LogP contribution in [0.25, 0.3) is 0 Å². The summed E-state index contributed by atoms with van der Waals surface area (Å²) in [5, 5.41) is 1.94. The van der Waals surface area contributed by atoms with Crippen LogP contribution in [0.15, 0.2) is 41.8 Å². The standard InChI is InChI=1S/C20H24N2O3S/c1-14-11-21(19(23)18-5-4-10-26-18)12-15(2)22(14)13-16-6-8-17(9-7-16)20(24)25-3/h4-10,14-15H,11-13H2,1-3H3/t14-,15+. The quantitative estimate of drug-likeness (QED) is 0.773. The SMILES string of the molecule is COC(=O)c1ccc(CN2[C@H](C)CN(C(=O)c3cccs3)C[C@@H]2C)cc1. The van der Waals surface area contributed by atoms with Crippen LogP contribution in [-0.4, -0.2) is 54.0 Å². The van der Waals surface area contributed by atoms with Gasteiger partial charge in [0.2, 0.25) is 0 Å². The summed E-state index contributed by atoms with van der Waals surface area (Å²) < 4.78 is 4.74. The van der Waals surface area contributed by atoms with Gasteiger partial charge in [0.25, 0.3) is 5.91 Å². The molecule has 0 aliphatic carbocycles. The summed E-state index contributed by atoms with van der Waals surface area (Å²) in [6.45, 7) is 6.56. The third-order valence-corrected chi connectivity index (χ3v) is 5.72. The van der Waals surface area contributed by atoms with Crippen molar-refractivity contribution in [3.8, 4) is 0 Å². The van der Waals surface area contributed by atoms with Gasteiger partial charge >= 0.3 is 5.97 Å². The van der Waals surface area contributed by atoms with Gasteiger partial charge in [0.15, 0.2) is 0 Å². The van der Waals surface area contributed by atoms with E-state index in [1.165, 1.54) is 18.4 Å². The molecule has 2 aromatic rings. The molecule has 138 valence electrons. The first-order valence-corrected chi connectivity index (χ1v) is 9.63. The second-order valence-electron chi connectivity index (χ2n) is 6.75. The molecule has 1 aromatic heterocycles. The summed E-state index contributed by atoms with van der Waals surface area (Å²) in [4.78, 5) is 29.3. The van der Waals surface area contributed by atoms with Crippen molar-refractivity contribution >= 4 is 23.2 Å². The monoisotopic (exact) mass is 372 g/mol. The zero-order valence-electron chi connectivity index (χ0n) is 15.3. The zero-order chi connectivity index (χ0) is 18.7. The molecule has 0 spiro atoms. The van der Waals surface area contributed by atoms with Crippen LogP contribution >= 0.6 is 11.3 Å². The Morgan fingerprint density at radius 3 is 2.31 bits per heavy atom.